The van der Waals surface area contributed by atoms with E-state index in [0.717, 1.165) is 10.4 Å². The number of nitriles is 1. The highest BCUT2D eigenvalue weighted by Crippen LogP contribution is 2.40. The van der Waals surface area contributed by atoms with Crippen molar-refractivity contribution < 1.29 is 19.4 Å². The number of β-amino-alcohol motifs (C(OH)–C–C–N with tert-alkyl or cyclic N) is 1. The van der Waals surface area contributed by atoms with Gasteiger partial charge in [0.25, 0.3) is 0 Å². The van der Waals surface area contributed by atoms with Crippen LogP contribution in [-0.4, -0.2) is 46.8 Å². The summed E-state index contributed by atoms with van der Waals surface area (Å²) in [5, 5.41) is 19.8. The molecular formula is C17H21N3O4S. The number of aliphatic hydroxyl groups is 1. The van der Waals surface area contributed by atoms with Gasteiger partial charge < -0.3 is 14.7 Å². The lowest BCUT2D eigenvalue weighted by molar-refractivity contribution is -0.117. The number of amides is 2. The summed E-state index contributed by atoms with van der Waals surface area (Å²) in [6.45, 7) is 6.52. The molecule has 1 N–H and O–H groups in total. The Labute approximate surface area is 150 Å². The van der Waals surface area contributed by atoms with E-state index < -0.39 is 11.7 Å². The second-order valence-electron chi connectivity index (χ2n) is 7.31. The Morgan fingerprint density at radius 3 is 2.72 bits per heavy atom. The van der Waals surface area contributed by atoms with Crippen molar-refractivity contribution in [2.45, 2.75) is 51.9 Å². The lowest BCUT2D eigenvalue weighted by Crippen LogP contribution is -2.39. The van der Waals surface area contributed by atoms with Gasteiger partial charge in [-0.15, -0.1) is 11.3 Å². The minimum absolute atomic E-state index is 0.0808. The predicted molar refractivity (Wildman–Crippen MR) is 92.4 cm³/mol. The van der Waals surface area contributed by atoms with Gasteiger partial charge in [-0.2, -0.15) is 5.26 Å². The quantitative estimate of drug-likeness (QED) is 0.824. The van der Waals surface area contributed by atoms with Crippen LogP contribution in [0.5, 0.6) is 0 Å². The zero-order chi connectivity index (χ0) is 18.4. The van der Waals surface area contributed by atoms with Crippen LogP contribution in [0.1, 0.15) is 43.2 Å². The first-order chi connectivity index (χ1) is 11.7. The Bertz CT molecular complexity index is 759. The standard InChI is InChI=1S/C17H21N3O4S/c1-17(2,3)24-16(23)19-5-4-11-12(7-18)15(25-13(11)9-19)20-8-10(21)6-14(20)22/h10,21H,4-6,8-9H2,1-3H3. The van der Waals surface area contributed by atoms with Crippen molar-refractivity contribution in [2.24, 2.45) is 0 Å². The number of aliphatic hydroxyl groups excluding tert-OH is 1. The summed E-state index contributed by atoms with van der Waals surface area (Å²) in [5.41, 5.74) is 0.830. The van der Waals surface area contributed by atoms with Crippen LogP contribution >= 0.6 is 11.3 Å². The average Bonchev–Trinajstić information content (AvgIpc) is 3.03. The Morgan fingerprint density at radius 1 is 1.44 bits per heavy atom. The number of thiophene rings is 1. The van der Waals surface area contributed by atoms with Gasteiger partial charge >= 0.3 is 6.09 Å². The van der Waals surface area contributed by atoms with Gasteiger partial charge in [-0.3, -0.25) is 9.69 Å². The number of ether oxygens (including phenoxy) is 1. The largest absolute Gasteiger partial charge is 0.444 e. The predicted octanol–water partition coefficient (Wildman–Crippen LogP) is 2.01. The summed E-state index contributed by atoms with van der Waals surface area (Å²) in [6, 6.07) is 2.20. The van der Waals surface area contributed by atoms with E-state index in [1.54, 1.807) is 4.90 Å². The van der Waals surface area contributed by atoms with Crippen LogP contribution in [0.15, 0.2) is 0 Å². The molecule has 1 saturated heterocycles. The molecule has 0 radical (unpaired) electrons. The third kappa shape index (κ3) is 3.48. The number of nitrogens with zero attached hydrogens (tertiary/aromatic N) is 3. The number of carbonyl (C=O) groups is 2. The van der Waals surface area contributed by atoms with E-state index in [4.69, 9.17) is 4.74 Å². The number of rotatable bonds is 1. The van der Waals surface area contributed by atoms with Crippen molar-refractivity contribution in [1.29, 1.82) is 5.26 Å². The molecule has 0 saturated carbocycles. The third-order valence-electron chi connectivity index (χ3n) is 4.15. The number of carbonyl (C=O) groups excluding carboxylic acids is 2. The molecule has 0 aliphatic carbocycles. The molecule has 2 aliphatic rings. The zero-order valence-corrected chi connectivity index (χ0v) is 15.4. The van der Waals surface area contributed by atoms with Gasteiger partial charge in [0.05, 0.1) is 31.2 Å². The van der Waals surface area contributed by atoms with Crippen LogP contribution in [0.3, 0.4) is 0 Å². The lowest BCUT2D eigenvalue weighted by Gasteiger charge is -2.29. The fourth-order valence-corrected chi connectivity index (χ4v) is 4.40. The molecule has 134 valence electrons. The second-order valence-corrected chi connectivity index (χ2v) is 8.39. The normalized spacial score (nSPS) is 20.4. The van der Waals surface area contributed by atoms with Crippen molar-refractivity contribution in [2.75, 3.05) is 18.0 Å². The molecule has 3 heterocycles. The highest BCUT2D eigenvalue weighted by Gasteiger charge is 2.35. The maximum atomic E-state index is 12.3. The number of hydrogen-bond acceptors (Lipinski definition) is 6. The first-order valence-corrected chi connectivity index (χ1v) is 9.02. The number of fused-ring (bicyclic) bond motifs is 1. The average molecular weight is 363 g/mol. The van der Waals surface area contributed by atoms with Gasteiger partial charge in [0.2, 0.25) is 5.91 Å². The molecule has 7 nitrogen and oxygen atoms in total. The van der Waals surface area contributed by atoms with Crippen molar-refractivity contribution >= 4 is 28.3 Å². The van der Waals surface area contributed by atoms with Crippen molar-refractivity contribution in [3.63, 3.8) is 0 Å². The first kappa shape index (κ1) is 17.7. The summed E-state index contributed by atoms with van der Waals surface area (Å²) in [5.74, 6) is -0.174. The molecule has 1 aromatic heterocycles. The summed E-state index contributed by atoms with van der Waals surface area (Å²) >= 11 is 1.35. The Kier molecular flexibility index (Phi) is 4.47. The van der Waals surface area contributed by atoms with Gasteiger partial charge in [0.15, 0.2) is 0 Å². The summed E-state index contributed by atoms with van der Waals surface area (Å²) in [7, 11) is 0. The molecule has 0 aromatic carbocycles. The molecule has 25 heavy (non-hydrogen) atoms. The molecule has 2 amide bonds. The molecule has 2 aliphatic heterocycles. The summed E-state index contributed by atoms with van der Waals surface area (Å²) in [6.07, 6.45) is -0.438. The van der Waals surface area contributed by atoms with E-state index in [9.17, 15) is 20.0 Å². The molecule has 1 unspecified atom stereocenters. The topological polar surface area (TPSA) is 93.9 Å². The van der Waals surface area contributed by atoms with E-state index in [0.29, 0.717) is 30.1 Å². The van der Waals surface area contributed by atoms with E-state index in [1.807, 2.05) is 20.8 Å². The maximum absolute atomic E-state index is 12.3. The summed E-state index contributed by atoms with van der Waals surface area (Å²) in [4.78, 5) is 28.4. The minimum Gasteiger partial charge on any atom is -0.444 e. The van der Waals surface area contributed by atoms with Crippen molar-refractivity contribution in [3.8, 4) is 6.07 Å². The van der Waals surface area contributed by atoms with Gasteiger partial charge in [-0.05, 0) is 32.8 Å². The zero-order valence-electron chi connectivity index (χ0n) is 14.5. The van der Waals surface area contributed by atoms with Crippen LogP contribution in [0, 0.1) is 11.3 Å². The Hall–Kier alpha value is -2.11. The highest BCUT2D eigenvalue weighted by atomic mass is 32.1. The summed E-state index contributed by atoms with van der Waals surface area (Å²) < 4.78 is 5.42. The van der Waals surface area contributed by atoms with Crippen LogP contribution in [-0.2, 0) is 22.5 Å². The van der Waals surface area contributed by atoms with Crippen LogP contribution in [0.2, 0.25) is 0 Å². The van der Waals surface area contributed by atoms with Crippen molar-refractivity contribution in [1.82, 2.24) is 4.90 Å². The van der Waals surface area contributed by atoms with E-state index in [1.165, 1.54) is 16.2 Å². The fraction of sp³-hybridized carbons (Fsp3) is 0.588. The van der Waals surface area contributed by atoms with E-state index in [-0.39, 0.29) is 25.0 Å². The smallest absolute Gasteiger partial charge is 0.410 e. The second kappa shape index (κ2) is 6.32. The minimum atomic E-state index is -0.698. The molecule has 0 spiro atoms. The first-order valence-electron chi connectivity index (χ1n) is 8.20. The molecule has 1 fully saturated rings. The third-order valence-corrected chi connectivity index (χ3v) is 5.39. The molecule has 0 bridgehead atoms. The number of anilines is 1. The molecule has 1 atom stereocenters. The number of hydrogen-bond donors (Lipinski definition) is 1. The highest BCUT2D eigenvalue weighted by molar-refractivity contribution is 7.16. The van der Waals surface area contributed by atoms with Crippen LogP contribution in [0.4, 0.5) is 9.80 Å². The maximum Gasteiger partial charge on any atom is 0.410 e. The monoisotopic (exact) mass is 363 g/mol. The van der Waals surface area contributed by atoms with Crippen LogP contribution in [0.25, 0.3) is 0 Å². The van der Waals surface area contributed by atoms with Gasteiger partial charge in [0, 0.05) is 11.4 Å². The van der Waals surface area contributed by atoms with Gasteiger partial charge in [0.1, 0.15) is 16.7 Å². The fourth-order valence-electron chi connectivity index (χ4n) is 3.06. The molecule has 8 heteroatoms. The molecule has 3 rings (SSSR count). The lowest BCUT2D eigenvalue weighted by atomic mass is 10.0. The molecule has 1 aromatic rings. The Balaban J connectivity index is 1.85. The molecular weight excluding hydrogens is 342 g/mol. The van der Waals surface area contributed by atoms with Crippen molar-refractivity contribution in [3.05, 3.63) is 16.0 Å². The van der Waals surface area contributed by atoms with Crippen LogP contribution < -0.4 is 4.90 Å². The SMILES string of the molecule is CC(C)(C)OC(=O)N1CCc2c(sc(N3CC(O)CC3=O)c2C#N)C1. The van der Waals surface area contributed by atoms with E-state index in [2.05, 4.69) is 6.07 Å². The van der Waals surface area contributed by atoms with Gasteiger partial charge in [-0.1, -0.05) is 0 Å². The van der Waals surface area contributed by atoms with E-state index >= 15 is 0 Å². The van der Waals surface area contributed by atoms with Gasteiger partial charge in [-0.25, -0.2) is 4.79 Å². The Morgan fingerprint density at radius 2 is 2.16 bits per heavy atom.